The number of hydrogen-bond donors (Lipinski definition) is 2. The molecule has 21 heavy (non-hydrogen) atoms. The van der Waals surface area contributed by atoms with Crippen molar-refractivity contribution in [2.45, 2.75) is 18.4 Å². The van der Waals surface area contributed by atoms with Crippen LogP contribution >= 0.6 is 0 Å². The minimum Gasteiger partial charge on any atom is -0.495 e. The van der Waals surface area contributed by atoms with E-state index in [0.717, 1.165) is 5.56 Å². The van der Waals surface area contributed by atoms with Crippen molar-refractivity contribution in [3.8, 4) is 5.75 Å². The fraction of sp³-hybridized carbons (Fsp3) is 0.200. The van der Waals surface area contributed by atoms with Gasteiger partial charge in [-0.3, -0.25) is 4.72 Å². The van der Waals surface area contributed by atoms with E-state index >= 15 is 0 Å². The van der Waals surface area contributed by atoms with Gasteiger partial charge in [-0.15, -0.1) is 0 Å². The topological polar surface area (TPSA) is 81.4 Å². The summed E-state index contributed by atoms with van der Waals surface area (Å²) < 4.78 is 32.8. The number of nitrogens with two attached hydrogens (primary N) is 1. The summed E-state index contributed by atoms with van der Waals surface area (Å²) in [6.07, 6.45) is 0. The number of benzene rings is 2. The van der Waals surface area contributed by atoms with Gasteiger partial charge in [-0.2, -0.15) is 0 Å². The molecule has 0 aliphatic carbocycles. The molecule has 5 nitrogen and oxygen atoms in total. The molecular weight excluding hydrogens is 288 g/mol. The van der Waals surface area contributed by atoms with E-state index in [0.29, 0.717) is 17.0 Å². The zero-order valence-corrected chi connectivity index (χ0v) is 12.8. The number of hydrogen-bond acceptors (Lipinski definition) is 4. The maximum absolute atomic E-state index is 12.5. The van der Waals surface area contributed by atoms with Gasteiger partial charge in [0.25, 0.3) is 10.0 Å². The highest BCUT2D eigenvalue weighted by atomic mass is 32.2. The summed E-state index contributed by atoms with van der Waals surface area (Å²) in [4.78, 5) is 0.177. The van der Waals surface area contributed by atoms with Gasteiger partial charge in [-0.05, 0) is 36.2 Å². The van der Waals surface area contributed by atoms with Gasteiger partial charge in [0, 0.05) is 6.54 Å². The Bertz CT molecular complexity index is 742. The van der Waals surface area contributed by atoms with Crippen molar-refractivity contribution >= 4 is 15.7 Å². The van der Waals surface area contributed by atoms with E-state index in [9.17, 15) is 8.42 Å². The van der Waals surface area contributed by atoms with Crippen molar-refractivity contribution in [2.75, 3.05) is 11.8 Å². The van der Waals surface area contributed by atoms with E-state index in [4.69, 9.17) is 10.5 Å². The molecule has 6 heteroatoms. The molecule has 0 aliphatic heterocycles. The summed E-state index contributed by atoms with van der Waals surface area (Å²) >= 11 is 0. The molecule has 0 radical (unpaired) electrons. The summed E-state index contributed by atoms with van der Waals surface area (Å²) in [6, 6.07) is 12.0. The molecule has 2 aromatic carbocycles. The molecule has 0 heterocycles. The highest BCUT2D eigenvalue weighted by Gasteiger charge is 2.19. The van der Waals surface area contributed by atoms with E-state index in [1.807, 2.05) is 13.0 Å². The normalized spacial score (nSPS) is 11.2. The van der Waals surface area contributed by atoms with E-state index in [1.165, 1.54) is 13.2 Å². The van der Waals surface area contributed by atoms with Crippen LogP contribution < -0.4 is 15.2 Å². The number of sulfonamides is 1. The molecule has 2 aromatic rings. The van der Waals surface area contributed by atoms with Crippen LogP contribution in [0.15, 0.2) is 47.4 Å². The number of anilines is 1. The summed E-state index contributed by atoms with van der Waals surface area (Å²) in [6.45, 7) is 2.03. The van der Waals surface area contributed by atoms with Crippen LogP contribution in [0.1, 0.15) is 11.1 Å². The number of nitrogens with one attached hydrogen (secondary N) is 1. The molecule has 0 saturated carbocycles. The molecule has 0 saturated heterocycles. The minimum absolute atomic E-state index is 0.155. The third kappa shape index (κ3) is 3.34. The Hall–Kier alpha value is -2.05. The Morgan fingerprint density at radius 3 is 2.57 bits per heavy atom. The van der Waals surface area contributed by atoms with Gasteiger partial charge in [0.2, 0.25) is 0 Å². The second kappa shape index (κ2) is 6.15. The molecule has 0 fully saturated rings. The largest absolute Gasteiger partial charge is 0.495 e. The lowest BCUT2D eigenvalue weighted by Gasteiger charge is -2.14. The predicted octanol–water partition coefficient (Wildman–Crippen LogP) is 2.26. The summed E-state index contributed by atoms with van der Waals surface area (Å²) in [5.74, 6) is 0.467. The Kier molecular flexibility index (Phi) is 4.50. The van der Waals surface area contributed by atoms with E-state index in [2.05, 4.69) is 4.72 Å². The van der Waals surface area contributed by atoms with E-state index < -0.39 is 10.0 Å². The molecule has 0 atom stereocenters. The van der Waals surface area contributed by atoms with Crippen molar-refractivity contribution in [3.05, 3.63) is 53.6 Å². The van der Waals surface area contributed by atoms with Crippen molar-refractivity contribution < 1.29 is 13.2 Å². The van der Waals surface area contributed by atoms with Crippen LogP contribution in [0.5, 0.6) is 5.75 Å². The Morgan fingerprint density at radius 2 is 1.90 bits per heavy atom. The molecule has 2 rings (SSSR count). The summed E-state index contributed by atoms with van der Waals surface area (Å²) in [5.41, 5.74) is 7.51. The van der Waals surface area contributed by atoms with Gasteiger partial charge in [0.05, 0.1) is 17.7 Å². The summed E-state index contributed by atoms with van der Waals surface area (Å²) in [5, 5.41) is 0. The van der Waals surface area contributed by atoms with Crippen molar-refractivity contribution in [1.29, 1.82) is 0 Å². The molecule has 0 aliphatic rings. The second-order valence-corrected chi connectivity index (χ2v) is 6.27. The maximum atomic E-state index is 12.5. The van der Waals surface area contributed by atoms with Gasteiger partial charge in [0.15, 0.2) is 0 Å². The Labute approximate surface area is 124 Å². The van der Waals surface area contributed by atoms with Crippen LogP contribution in [-0.4, -0.2) is 15.5 Å². The van der Waals surface area contributed by atoms with Crippen LogP contribution in [0.3, 0.4) is 0 Å². The first-order valence-electron chi connectivity index (χ1n) is 6.43. The highest BCUT2D eigenvalue weighted by molar-refractivity contribution is 7.92. The number of ether oxygens (including phenoxy) is 1. The Morgan fingerprint density at radius 1 is 1.19 bits per heavy atom. The fourth-order valence-corrected chi connectivity index (χ4v) is 3.35. The van der Waals surface area contributed by atoms with Gasteiger partial charge >= 0.3 is 0 Å². The molecular formula is C15H18N2O3S. The highest BCUT2D eigenvalue weighted by Crippen LogP contribution is 2.28. The molecule has 0 bridgehead atoms. The lowest BCUT2D eigenvalue weighted by molar-refractivity contribution is 0.417. The average Bonchev–Trinajstić information content (AvgIpc) is 2.47. The molecule has 3 N–H and O–H groups in total. The maximum Gasteiger partial charge on any atom is 0.262 e. The van der Waals surface area contributed by atoms with E-state index in [-0.39, 0.29) is 11.4 Å². The zero-order chi connectivity index (χ0) is 15.5. The van der Waals surface area contributed by atoms with Crippen molar-refractivity contribution in [2.24, 2.45) is 5.73 Å². The summed E-state index contributed by atoms with van der Waals surface area (Å²) in [7, 11) is -2.22. The second-order valence-electron chi connectivity index (χ2n) is 4.62. The molecule has 0 spiro atoms. The first-order chi connectivity index (χ1) is 9.97. The monoisotopic (exact) mass is 306 g/mol. The smallest absolute Gasteiger partial charge is 0.262 e. The fourth-order valence-electron chi connectivity index (χ4n) is 2.04. The predicted molar refractivity (Wildman–Crippen MR) is 82.9 cm³/mol. The van der Waals surface area contributed by atoms with Crippen LogP contribution in [-0.2, 0) is 16.6 Å². The minimum atomic E-state index is -3.72. The quantitative estimate of drug-likeness (QED) is 0.888. The Balaban J connectivity index is 2.45. The number of methoxy groups -OCH3 is 1. The number of aryl methyl sites for hydroxylation is 1. The first kappa shape index (κ1) is 15.3. The SMILES string of the molecule is COc1ccc(C)cc1NS(=O)(=O)c1ccccc1CN. The lowest BCUT2D eigenvalue weighted by atomic mass is 10.2. The van der Waals surface area contributed by atoms with Gasteiger partial charge in [-0.25, -0.2) is 8.42 Å². The van der Waals surface area contributed by atoms with Crippen LogP contribution in [0.25, 0.3) is 0 Å². The standard InChI is InChI=1S/C15H18N2O3S/c1-11-7-8-14(20-2)13(9-11)17-21(18,19)15-6-4-3-5-12(15)10-16/h3-9,17H,10,16H2,1-2H3. The van der Waals surface area contributed by atoms with Crippen molar-refractivity contribution in [3.63, 3.8) is 0 Å². The van der Waals surface area contributed by atoms with Crippen LogP contribution in [0.2, 0.25) is 0 Å². The lowest BCUT2D eigenvalue weighted by Crippen LogP contribution is -2.16. The van der Waals surface area contributed by atoms with Gasteiger partial charge < -0.3 is 10.5 Å². The van der Waals surface area contributed by atoms with Crippen LogP contribution in [0, 0.1) is 6.92 Å². The average molecular weight is 306 g/mol. The van der Waals surface area contributed by atoms with E-state index in [1.54, 1.807) is 30.3 Å². The van der Waals surface area contributed by atoms with Gasteiger partial charge in [0.1, 0.15) is 5.75 Å². The molecule has 0 aromatic heterocycles. The van der Waals surface area contributed by atoms with Crippen molar-refractivity contribution in [1.82, 2.24) is 0 Å². The number of rotatable bonds is 5. The third-order valence-electron chi connectivity index (χ3n) is 3.08. The third-order valence-corrected chi connectivity index (χ3v) is 4.55. The molecule has 112 valence electrons. The first-order valence-corrected chi connectivity index (χ1v) is 7.91. The molecule has 0 unspecified atom stereocenters. The van der Waals surface area contributed by atoms with Gasteiger partial charge in [-0.1, -0.05) is 24.3 Å². The zero-order valence-electron chi connectivity index (χ0n) is 12.0. The van der Waals surface area contributed by atoms with Crippen LogP contribution in [0.4, 0.5) is 5.69 Å². The molecule has 0 amide bonds.